The molecule has 2 aromatic rings. The number of amides is 1. The number of benzene rings is 2. The topological polar surface area (TPSA) is 52.9 Å². The molecule has 3 rings (SSSR count). The van der Waals surface area contributed by atoms with Crippen molar-refractivity contribution >= 4 is 23.4 Å². The Morgan fingerprint density at radius 1 is 1.33 bits per heavy atom. The lowest BCUT2D eigenvalue weighted by Crippen LogP contribution is -2.24. The van der Waals surface area contributed by atoms with E-state index in [1.54, 1.807) is 36.0 Å². The van der Waals surface area contributed by atoms with Gasteiger partial charge in [-0.15, -0.1) is 11.8 Å². The molecule has 0 saturated carbocycles. The highest BCUT2D eigenvalue weighted by molar-refractivity contribution is 8.01. The van der Waals surface area contributed by atoms with Gasteiger partial charge >= 0.3 is 0 Å². The fourth-order valence-electron chi connectivity index (χ4n) is 2.37. The molecule has 1 atom stereocenters. The van der Waals surface area contributed by atoms with Gasteiger partial charge in [0.1, 0.15) is 0 Å². The number of fused-ring (bicyclic) bond motifs is 1. The summed E-state index contributed by atoms with van der Waals surface area (Å²) in [6.45, 7) is 2.06. The molecule has 0 unspecified atom stereocenters. The van der Waals surface area contributed by atoms with Crippen LogP contribution < -0.4 is 5.32 Å². The van der Waals surface area contributed by atoms with Crippen LogP contribution >= 0.6 is 11.8 Å². The summed E-state index contributed by atoms with van der Waals surface area (Å²) in [6, 6.07) is 15.4. The lowest BCUT2D eigenvalue weighted by molar-refractivity contribution is -0.115. The number of aryl methyl sites for hydroxylation is 1. The molecule has 0 fully saturated rings. The zero-order chi connectivity index (χ0) is 14.8. The third-order valence-corrected chi connectivity index (χ3v) is 4.75. The number of rotatable bonds is 2. The summed E-state index contributed by atoms with van der Waals surface area (Å²) in [5.74, 6) is -0.0102. The van der Waals surface area contributed by atoms with Crippen molar-refractivity contribution in [1.29, 1.82) is 5.26 Å². The van der Waals surface area contributed by atoms with Gasteiger partial charge < -0.3 is 5.32 Å². The maximum Gasteiger partial charge on any atom is 0.238 e. The maximum atomic E-state index is 12.4. The molecule has 0 aliphatic carbocycles. The van der Waals surface area contributed by atoms with Crippen LogP contribution in [0.2, 0.25) is 0 Å². The van der Waals surface area contributed by atoms with E-state index >= 15 is 0 Å². The molecule has 0 aromatic heterocycles. The molecule has 3 nitrogen and oxygen atoms in total. The van der Waals surface area contributed by atoms with E-state index in [0.717, 1.165) is 6.42 Å². The molecule has 0 radical (unpaired) electrons. The predicted octanol–water partition coefficient (Wildman–Crippen LogP) is 3.52. The van der Waals surface area contributed by atoms with E-state index in [2.05, 4.69) is 36.5 Å². The number of hydrogen-bond acceptors (Lipinski definition) is 3. The van der Waals surface area contributed by atoms with Crippen LogP contribution in [0.15, 0.2) is 47.4 Å². The molecular formula is C17H14N2OS. The average Bonchev–Trinajstić information content (AvgIpc) is 2.90. The van der Waals surface area contributed by atoms with Gasteiger partial charge in [-0.1, -0.05) is 23.8 Å². The second-order valence-corrected chi connectivity index (χ2v) is 6.35. The van der Waals surface area contributed by atoms with Gasteiger partial charge in [0.05, 0.1) is 16.9 Å². The number of nitrogens with one attached hydrogen (secondary N) is 1. The highest BCUT2D eigenvalue weighted by Crippen LogP contribution is 2.38. The monoisotopic (exact) mass is 294 g/mol. The van der Waals surface area contributed by atoms with Crippen molar-refractivity contribution in [3.05, 3.63) is 59.2 Å². The summed E-state index contributed by atoms with van der Waals surface area (Å²) in [5, 5.41) is 11.7. The van der Waals surface area contributed by atoms with Crippen LogP contribution in [0.3, 0.4) is 0 Å². The quantitative estimate of drug-likeness (QED) is 0.922. The minimum Gasteiger partial charge on any atom is -0.325 e. The van der Waals surface area contributed by atoms with Crippen LogP contribution in [0.5, 0.6) is 0 Å². The summed E-state index contributed by atoms with van der Waals surface area (Å²) >= 11 is 1.61. The Hall–Kier alpha value is -2.25. The largest absolute Gasteiger partial charge is 0.325 e. The summed E-state index contributed by atoms with van der Waals surface area (Å²) in [6.07, 6.45) is 0.754. The molecule has 21 heavy (non-hydrogen) atoms. The van der Waals surface area contributed by atoms with Gasteiger partial charge in [-0.05, 0) is 43.2 Å². The Morgan fingerprint density at radius 3 is 3.00 bits per heavy atom. The van der Waals surface area contributed by atoms with E-state index in [4.69, 9.17) is 5.26 Å². The second kappa shape index (κ2) is 5.63. The summed E-state index contributed by atoms with van der Waals surface area (Å²) in [7, 11) is 0. The third kappa shape index (κ3) is 2.93. The highest BCUT2D eigenvalue weighted by atomic mass is 32.2. The first-order chi connectivity index (χ1) is 10.2. The first-order valence-corrected chi connectivity index (χ1v) is 7.61. The summed E-state index contributed by atoms with van der Waals surface area (Å²) in [5.41, 5.74) is 3.66. The number of carbonyl (C=O) groups is 1. The van der Waals surface area contributed by atoms with E-state index in [0.29, 0.717) is 11.3 Å². The normalized spacial score (nSPS) is 16.1. The Bertz CT molecular complexity index is 749. The van der Waals surface area contributed by atoms with Crippen molar-refractivity contribution < 1.29 is 4.79 Å². The Morgan fingerprint density at radius 2 is 2.19 bits per heavy atom. The third-order valence-electron chi connectivity index (χ3n) is 3.45. The van der Waals surface area contributed by atoms with E-state index in [1.165, 1.54) is 16.0 Å². The second-order valence-electron chi connectivity index (χ2n) is 5.10. The molecule has 1 aliphatic rings. The summed E-state index contributed by atoms with van der Waals surface area (Å²) < 4.78 is 0. The van der Waals surface area contributed by atoms with Crippen LogP contribution in [0, 0.1) is 18.3 Å². The first-order valence-electron chi connectivity index (χ1n) is 6.73. The first kappa shape index (κ1) is 13.7. The lowest BCUT2D eigenvalue weighted by Gasteiger charge is -2.10. The highest BCUT2D eigenvalue weighted by Gasteiger charge is 2.28. The molecule has 1 aliphatic heterocycles. The Labute approximate surface area is 128 Å². The zero-order valence-corrected chi connectivity index (χ0v) is 12.4. The average molecular weight is 294 g/mol. The Kier molecular flexibility index (Phi) is 3.68. The number of hydrogen-bond donors (Lipinski definition) is 1. The van der Waals surface area contributed by atoms with Crippen molar-refractivity contribution in [2.75, 3.05) is 5.32 Å². The molecule has 1 heterocycles. The van der Waals surface area contributed by atoms with Crippen molar-refractivity contribution in [3.63, 3.8) is 0 Å². The standard InChI is InChI=1S/C17H14N2OS/c1-11-5-6-13-9-16(21-15(13)7-11)17(20)19-14-4-2-3-12(8-14)10-18/h2-8,16H,9H2,1H3,(H,19,20)/t16-/m1/s1. The van der Waals surface area contributed by atoms with Gasteiger partial charge in [0.15, 0.2) is 0 Å². The smallest absolute Gasteiger partial charge is 0.238 e. The van der Waals surface area contributed by atoms with E-state index in [9.17, 15) is 4.79 Å². The maximum absolute atomic E-state index is 12.4. The Balaban J connectivity index is 1.72. The van der Waals surface area contributed by atoms with Crippen LogP contribution in [-0.2, 0) is 11.2 Å². The van der Waals surface area contributed by atoms with Gasteiger partial charge in [-0.3, -0.25) is 4.79 Å². The van der Waals surface area contributed by atoms with Gasteiger partial charge in [-0.2, -0.15) is 5.26 Å². The van der Waals surface area contributed by atoms with Crippen LogP contribution in [-0.4, -0.2) is 11.2 Å². The van der Waals surface area contributed by atoms with Crippen LogP contribution in [0.1, 0.15) is 16.7 Å². The molecular weight excluding hydrogens is 280 g/mol. The van der Waals surface area contributed by atoms with Crippen molar-refractivity contribution in [2.24, 2.45) is 0 Å². The minimum absolute atomic E-state index is 0.0102. The van der Waals surface area contributed by atoms with Gasteiger partial charge in [0.2, 0.25) is 5.91 Å². The van der Waals surface area contributed by atoms with E-state index < -0.39 is 0 Å². The van der Waals surface area contributed by atoms with E-state index in [1.807, 2.05) is 0 Å². The van der Waals surface area contributed by atoms with Gasteiger partial charge in [0, 0.05) is 10.6 Å². The number of carbonyl (C=O) groups excluding carboxylic acids is 1. The van der Waals surface area contributed by atoms with E-state index in [-0.39, 0.29) is 11.2 Å². The van der Waals surface area contributed by atoms with Crippen LogP contribution in [0.25, 0.3) is 0 Å². The molecule has 4 heteroatoms. The van der Waals surface area contributed by atoms with Crippen molar-refractivity contribution in [1.82, 2.24) is 0 Å². The van der Waals surface area contributed by atoms with Crippen LogP contribution in [0.4, 0.5) is 5.69 Å². The molecule has 1 N–H and O–H groups in total. The fraction of sp³-hybridized carbons (Fsp3) is 0.176. The molecule has 0 bridgehead atoms. The zero-order valence-electron chi connectivity index (χ0n) is 11.6. The SMILES string of the molecule is Cc1ccc2c(c1)S[C@@H](C(=O)Nc1cccc(C#N)c1)C2. The minimum atomic E-state index is -0.104. The molecule has 1 amide bonds. The van der Waals surface area contributed by atoms with Gasteiger partial charge in [0.25, 0.3) is 0 Å². The lowest BCUT2D eigenvalue weighted by atomic mass is 10.1. The molecule has 2 aromatic carbocycles. The predicted molar refractivity (Wildman–Crippen MR) is 84.3 cm³/mol. The molecule has 0 spiro atoms. The molecule has 104 valence electrons. The summed E-state index contributed by atoms with van der Waals surface area (Å²) in [4.78, 5) is 13.5. The van der Waals surface area contributed by atoms with Crippen molar-refractivity contribution in [2.45, 2.75) is 23.5 Å². The fourth-order valence-corrected chi connectivity index (χ4v) is 3.66. The van der Waals surface area contributed by atoms with Crippen molar-refractivity contribution in [3.8, 4) is 6.07 Å². The number of nitrogens with zero attached hydrogens (tertiary/aromatic N) is 1. The molecule has 0 saturated heterocycles. The number of anilines is 1. The number of thioether (sulfide) groups is 1. The van der Waals surface area contributed by atoms with Gasteiger partial charge in [-0.25, -0.2) is 0 Å². The number of nitriles is 1.